The maximum Gasteiger partial charge on any atom is 0.325 e. The Bertz CT molecular complexity index is 796. The van der Waals surface area contributed by atoms with Gasteiger partial charge >= 0.3 is 6.03 Å². The van der Waals surface area contributed by atoms with Crippen LogP contribution >= 0.6 is 11.8 Å². The lowest BCUT2D eigenvalue weighted by Crippen LogP contribution is -2.48. The van der Waals surface area contributed by atoms with Crippen molar-refractivity contribution in [3.63, 3.8) is 0 Å². The molecule has 0 radical (unpaired) electrons. The lowest BCUT2D eigenvalue weighted by atomic mass is 9.84. The number of aliphatic imine (C=N–C) groups is 1. The van der Waals surface area contributed by atoms with Gasteiger partial charge in [0.1, 0.15) is 12.3 Å². The number of amidine groups is 1. The summed E-state index contributed by atoms with van der Waals surface area (Å²) in [6, 6.07) is 6.56. The summed E-state index contributed by atoms with van der Waals surface area (Å²) in [7, 11) is 0. The van der Waals surface area contributed by atoms with E-state index in [9.17, 15) is 14.4 Å². The van der Waals surface area contributed by atoms with Gasteiger partial charge in [0, 0.05) is 17.7 Å². The Kier molecular flexibility index (Phi) is 3.87. The molecule has 0 saturated carbocycles. The molecule has 1 atom stereocenters. The highest BCUT2D eigenvalue weighted by molar-refractivity contribution is 8.14. The number of imide groups is 1. The number of hydrogen-bond acceptors (Lipinski definition) is 6. The van der Waals surface area contributed by atoms with Crippen molar-refractivity contribution in [2.45, 2.75) is 12.0 Å². The Morgan fingerprint density at radius 2 is 2.24 bits per heavy atom. The zero-order valence-electron chi connectivity index (χ0n) is 13.3. The Morgan fingerprint density at radius 1 is 1.40 bits per heavy atom. The SMILES string of the molecule is O=C(CN1C(=O)NC2(CCOc3ccccc32)C1=O)NC1=NCCS1. The van der Waals surface area contributed by atoms with Gasteiger partial charge in [-0.25, -0.2) is 4.79 Å². The zero-order chi connectivity index (χ0) is 17.4. The van der Waals surface area contributed by atoms with E-state index in [1.807, 2.05) is 6.07 Å². The van der Waals surface area contributed by atoms with Crippen LogP contribution in [0.1, 0.15) is 12.0 Å². The van der Waals surface area contributed by atoms with Gasteiger partial charge in [-0.15, -0.1) is 0 Å². The average Bonchev–Trinajstić information content (AvgIpc) is 3.19. The maximum atomic E-state index is 13.0. The Labute approximate surface area is 148 Å². The van der Waals surface area contributed by atoms with Crippen LogP contribution in [0.5, 0.6) is 5.75 Å². The molecule has 0 bridgehead atoms. The van der Waals surface area contributed by atoms with Gasteiger partial charge in [0.15, 0.2) is 10.7 Å². The average molecular weight is 360 g/mol. The Balaban J connectivity index is 1.56. The quantitative estimate of drug-likeness (QED) is 0.746. The molecule has 1 aromatic rings. The minimum atomic E-state index is -1.16. The van der Waals surface area contributed by atoms with Gasteiger partial charge in [0.2, 0.25) is 5.91 Å². The van der Waals surface area contributed by atoms with E-state index in [1.54, 1.807) is 18.2 Å². The van der Waals surface area contributed by atoms with Gasteiger partial charge in [-0.1, -0.05) is 30.0 Å². The number of para-hydroxylation sites is 1. The van der Waals surface area contributed by atoms with Crippen LogP contribution in [0.4, 0.5) is 4.79 Å². The molecule has 3 heterocycles. The van der Waals surface area contributed by atoms with Crippen molar-refractivity contribution >= 4 is 34.8 Å². The van der Waals surface area contributed by atoms with Gasteiger partial charge < -0.3 is 15.4 Å². The monoisotopic (exact) mass is 360 g/mol. The summed E-state index contributed by atoms with van der Waals surface area (Å²) < 4.78 is 5.58. The number of thioether (sulfide) groups is 1. The van der Waals surface area contributed by atoms with E-state index in [0.717, 1.165) is 10.7 Å². The number of nitrogens with zero attached hydrogens (tertiary/aromatic N) is 2. The van der Waals surface area contributed by atoms with E-state index in [0.29, 0.717) is 36.1 Å². The second-order valence-electron chi connectivity index (χ2n) is 5.90. The highest BCUT2D eigenvalue weighted by atomic mass is 32.2. The molecule has 0 aromatic heterocycles. The minimum Gasteiger partial charge on any atom is -0.493 e. The summed E-state index contributed by atoms with van der Waals surface area (Å²) in [6.45, 7) is 0.634. The fourth-order valence-corrected chi connectivity index (χ4v) is 3.97. The first kappa shape index (κ1) is 15.9. The number of ether oxygens (including phenoxy) is 1. The van der Waals surface area contributed by atoms with Gasteiger partial charge in [0.05, 0.1) is 13.2 Å². The van der Waals surface area contributed by atoms with Crippen LogP contribution in [-0.2, 0) is 15.1 Å². The second kappa shape index (κ2) is 6.07. The number of fused-ring (bicyclic) bond motifs is 2. The van der Waals surface area contributed by atoms with Crippen LogP contribution in [0, 0.1) is 0 Å². The van der Waals surface area contributed by atoms with E-state index in [1.165, 1.54) is 11.8 Å². The lowest BCUT2D eigenvalue weighted by Gasteiger charge is -2.33. The van der Waals surface area contributed by atoms with Gasteiger partial charge in [-0.05, 0) is 6.07 Å². The summed E-state index contributed by atoms with van der Waals surface area (Å²) >= 11 is 1.44. The molecule has 2 N–H and O–H groups in total. The van der Waals surface area contributed by atoms with Crippen LogP contribution < -0.4 is 15.4 Å². The van der Waals surface area contributed by atoms with Crippen molar-refractivity contribution in [3.05, 3.63) is 29.8 Å². The molecule has 4 rings (SSSR count). The summed E-state index contributed by atoms with van der Waals surface area (Å²) in [5.74, 6) is 0.530. The molecule has 9 heteroatoms. The summed E-state index contributed by atoms with van der Waals surface area (Å²) in [4.78, 5) is 42.6. The summed E-state index contributed by atoms with van der Waals surface area (Å²) in [6.07, 6.45) is 0.329. The van der Waals surface area contributed by atoms with Crippen molar-refractivity contribution in [2.75, 3.05) is 25.4 Å². The highest BCUT2D eigenvalue weighted by Gasteiger charge is 2.55. The summed E-state index contributed by atoms with van der Waals surface area (Å²) in [5.41, 5.74) is -0.538. The standard InChI is InChI=1S/C16H16N4O4S/c21-12(18-14-17-6-8-25-14)9-20-13(22)16(19-15(20)23)5-7-24-11-4-2-1-3-10(11)16/h1-4H,5-9H2,(H,19,23)(H,17,18,21). The lowest BCUT2D eigenvalue weighted by molar-refractivity contribution is -0.135. The molecule has 0 aliphatic carbocycles. The smallest absolute Gasteiger partial charge is 0.325 e. The zero-order valence-corrected chi connectivity index (χ0v) is 14.1. The van der Waals surface area contributed by atoms with E-state index in [2.05, 4.69) is 15.6 Å². The van der Waals surface area contributed by atoms with E-state index < -0.39 is 23.4 Å². The molecule has 25 heavy (non-hydrogen) atoms. The number of nitrogens with one attached hydrogen (secondary N) is 2. The number of amides is 4. The largest absolute Gasteiger partial charge is 0.493 e. The number of rotatable bonds is 2. The maximum absolute atomic E-state index is 13.0. The first-order chi connectivity index (χ1) is 12.1. The van der Waals surface area contributed by atoms with Crippen LogP contribution in [0.2, 0.25) is 0 Å². The van der Waals surface area contributed by atoms with Crippen molar-refractivity contribution in [3.8, 4) is 5.75 Å². The van der Waals surface area contributed by atoms with Crippen LogP contribution in [-0.4, -0.2) is 53.4 Å². The van der Waals surface area contributed by atoms with E-state index in [4.69, 9.17) is 4.74 Å². The van der Waals surface area contributed by atoms with E-state index in [-0.39, 0.29) is 6.54 Å². The second-order valence-corrected chi connectivity index (χ2v) is 6.99. The van der Waals surface area contributed by atoms with Crippen LogP contribution in [0.15, 0.2) is 29.3 Å². The molecule has 8 nitrogen and oxygen atoms in total. The predicted molar refractivity (Wildman–Crippen MR) is 91.4 cm³/mol. The molecule has 4 amide bonds. The Morgan fingerprint density at radius 3 is 3.04 bits per heavy atom. The topological polar surface area (TPSA) is 100 Å². The number of hydrogen-bond donors (Lipinski definition) is 2. The molecule has 1 fully saturated rings. The normalized spacial score (nSPS) is 24.6. The van der Waals surface area contributed by atoms with Crippen LogP contribution in [0.3, 0.4) is 0 Å². The third-order valence-electron chi connectivity index (χ3n) is 4.39. The first-order valence-electron chi connectivity index (χ1n) is 7.94. The molecular formula is C16H16N4O4S. The highest BCUT2D eigenvalue weighted by Crippen LogP contribution is 2.40. The van der Waals surface area contributed by atoms with Gasteiger partial charge in [0.25, 0.3) is 5.91 Å². The van der Waals surface area contributed by atoms with Crippen molar-refractivity contribution < 1.29 is 19.1 Å². The van der Waals surface area contributed by atoms with E-state index >= 15 is 0 Å². The first-order valence-corrected chi connectivity index (χ1v) is 8.92. The van der Waals surface area contributed by atoms with Gasteiger partial charge in [-0.2, -0.15) is 0 Å². The van der Waals surface area contributed by atoms with Crippen LogP contribution in [0.25, 0.3) is 0 Å². The van der Waals surface area contributed by atoms with Crippen molar-refractivity contribution in [2.24, 2.45) is 4.99 Å². The number of carbonyl (C=O) groups excluding carboxylic acids is 3. The third-order valence-corrected chi connectivity index (χ3v) is 5.28. The molecule has 1 saturated heterocycles. The number of benzene rings is 1. The molecule has 130 valence electrons. The molecule has 3 aliphatic rings. The summed E-state index contributed by atoms with van der Waals surface area (Å²) in [5, 5.41) is 5.93. The molecule has 1 aromatic carbocycles. The van der Waals surface area contributed by atoms with Crippen molar-refractivity contribution in [1.82, 2.24) is 15.5 Å². The molecule has 3 aliphatic heterocycles. The molecule has 1 spiro atoms. The third kappa shape index (κ3) is 2.64. The molecule has 1 unspecified atom stereocenters. The van der Waals surface area contributed by atoms with Crippen molar-refractivity contribution in [1.29, 1.82) is 0 Å². The number of urea groups is 1. The molecular weight excluding hydrogens is 344 g/mol. The minimum absolute atomic E-state index is 0.316. The number of carbonyl (C=O) groups is 3. The fourth-order valence-electron chi connectivity index (χ4n) is 3.23. The predicted octanol–water partition coefficient (Wildman–Crippen LogP) is 0.435. The fraction of sp³-hybridized carbons (Fsp3) is 0.375. The van der Waals surface area contributed by atoms with Gasteiger partial charge in [-0.3, -0.25) is 19.5 Å². The Hall–Kier alpha value is -2.55.